The Morgan fingerprint density at radius 3 is 2.29 bits per heavy atom. The van der Waals surface area contributed by atoms with Gasteiger partial charge in [-0.15, -0.1) is 4.40 Å². The van der Waals surface area contributed by atoms with Gasteiger partial charge in [0.1, 0.15) is 19.6 Å². The standard InChI is InChI=1S/C29H28N6O5S2/c1-19-9-13-21(14-10-19)30-26(36)17-24-28(37)35(22-7-5-4-6-8-22)29(41)34(24)18-25-27(40-32-33(25)3)31-42(38,39)23-15-11-20(2)12-16-23/h4-16,24H,17-18H2,1-3H3,(H,30,36)/b31-27-. The van der Waals surface area contributed by atoms with E-state index in [0.717, 1.165) is 11.1 Å². The van der Waals surface area contributed by atoms with Gasteiger partial charge < -0.3 is 14.7 Å². The fourth-order valence-corrected chi connectivity index (χ4v) is 5.80. The Bertz CT molecular complexity index is 1810. The Labute approximate surface area is 248 Å². The second kappa shape index (κ2) is 11.7. The van der Waals surface area contributed by atoms with Crippen molar-refractivity contribution < 1.29 is 27.2 Å². The van der Waals surface area contributed by atoms with E-state index >= 15 is 0 Å². The molecular weight excluding hydrogens is 576 g/mol. The minimum absolute atomic E-state index is 0.00844. The van der Waals surface area contributed by atoms with Crippen LogP contribution in [0.15, 0.2) is 92.7 Å². The Hall–Kier alpha value is -4.62. The Morgan fingerprint density at radius 1 is 1.02 bits per heavy atom. The number of nitrogens with zero attached hydrogens (tertiary/aromatic N) is 5. The molecule has 1 aliphatic rings. The molecule has 11 nitrogen and oxygen atoms in total. The van der Waals surface area contributed by atoms with Gasteiger partial charge in [0.05, 0.1) is 17.0 Å². The smallest absolute Gasteiger partial charge is 0.289 e. The third kappa shape index (κ3) is 6.02. The van der Waals surface area contributed by atoms with Crippen LogP contribution in [0, 0.1) is 13.8 Å². The number of aromatic nitrogens is 2. The first-order valence-electron chi connectivity index (χ1n) is 13.0. The van der Waals surface area contributed by atoms with Gasteiger partial charge in [-0.1, -0.05) is 53.6 Å². The van der Waals surface area contributed by atoms with Gasteiger partial charge in [-0.05, 0) is 62.5 Å². The number of aryl methyl sites for hydroxylation is 3. The van der Waals surface area contributed by atoms with Crippen molar-refractivity contribution in [3.8, 4) is 0 Å². The molecule has 1 atom stereocenters. The molecule has 0 spiro atoms. The summed E-state index contributed by atoms with van der Waals surface area (Å²) in [6.45, 7) is 3.69. The molecule has 0 aliphatic carbocycles. The average molecular weight is 605 g/mol. The number of nitrogens with one attached hydrogen (secondary N) is 1. The molecule has 13 heteroatoms. The van der Waals surface area contributed by atoms with Crippen LogP contribution in [0.25, 0.3) is 0 Å². The average Bonchev–Trinajstić information content (AvgIpc) is 3.41. The molecule has 5 rings (SSSR count). The van der Waals surface area contributed by atoms with Crippen LogP contribution in [0.3, 0.4) is 0 Å². The van der Waals surface area contributed by atoms with Gasteiger partial charge in [-0.2, -0.15) is 8.42 Å². The van der Waals surface area contributed by atoms with Crippen LogP contribution in [0.4, 0.5) is 11.4 Å². The third-order valence-corrected chi connectivity index (χ3v) is 8.47. The number of sulfonamides is 1. The highest BCUT2D eigenvalue weighted by atomic mass is 32.2. The van der Waals surface area contributed by atoms with Crippen molar-refractivity contribution in [2.75, 3.05) is 10.2 Å². The van der Waals surface area contributed by atoms with Crippen molar-refractivity contribution >= 4 is 50.5 Å². The summed E-state index contributed by atoms with van der Waals surface area (Å²) in [6.07, 6.45) is -0.209. The topological polar surface area (TPSA) is 130 Å². The second-order valence-corrected chi connectivity index (χ2v) is 11.9. The van der Waals surface area contributed by atoms with Crippen molar-refractivity contribution in [2.45, 2.75) is 37.8 Å². The monoisotopic (exact) mass is 604 g/mol. The predicted octanol–water partition coefficient (Wildman–Crippen LogP) is 2.50. The first kappa shape index (κ1) is 28.9. The molecule has 0 radical (unpaired) electrons. The number of amides is 2. The number of thiocarbonyl (C=S) groups is 1. The van der Waals surface area contributed by atoms with E-state index in [1.807, 2.05) is 32.0 Å². The highest BCUT2D eigenvalue weighted by molar-refractivity contribution is 7.90. The predicted molar refractivity (Wildman–Crippen MR) is 157 cm³/mol. The number of anilines is 2. The number of hydrogen-bond acceptors (Lipinski definition) is 6. The number of carbonyl (C=O) groups is 2. The van der Waals surface area contributed by atoms with Crippen LogP contribution in [0.5, 0.6) is 0 Å². The molecule has 0 bridgehead atoms. The minimum Gasteiger partial charge on any atom is -0.486 e. The molecule has 1 saturated heterocycles. The molecular formula is C29H28N6O5S2. The molecule has 1 aliphatic heterocycles. The third-order valence-electron chi connectivity index (χ3n) is 6.78. The van der Waals surface area contributed by atoms with E-state index in [-0.39, 0.29) is 40.1 Å². The normalized spacial score (nSPS) is 15.9. The van der Waals surface area contributed by atoms with E-state index in [1.165, 1.54) is 21.7 Å². The second-order valence-electron chi connectivity index (χ2n) is 9.88. The number of carbonyl (C=O) groups excluding carboxylic acids is 2. The first-order valence-corrected chi connectivity index (χ1v) is 14.8. The van der Waals surface area contributed by atoms with Crippen LogP contribution in [0.2, 0.25) is 0 Å². The summed E-state index contributed by atoms with van der Waals surface area (Å²) in [5, 5.41) is 6.83. The largest absolute Gasteiger partial charge is 0.486 e. The maximum absolute atomic E-state index is 13.8. The van der Waals surface area contributed by atoms with Gasteiger partial charge >= 0.3 is 0 Å². The number of benzene rings is 3. The van der Waals surface area contributed by atoms with Crippen molar-refractivity contribution in [1.82, 2.24) is 10.2 Å². The zero-order chi connectivity index (χ0) is 30.0. The summed E-state index contributed by atoms with van der Waals surface area (Å²) in [7, 11) is -2.58. The van der Waals surface area contributed by atoms with Crippen LogP contribution in [-0.2, 0) is 33.2 Å². The maximum atomic E-state index is 13.8. The van der Waals surface area contributed by atoms with Gasteiger partial charge in [-0.25, -0.2) is 4.68 Å². The molecule has 216 valence electrons. The van der Waals surface area contributed by atoms with Gasteiger partial charge in [0, 0.05) is 5.69 Å². The van der Waals surface area contributed by atoms with E-state index in [0.29, 0.717) is 11.4 Å². The molecule has 2 amide bonds. The summed E-state index contributed by atoms with van der Waals surface area (Å²) >= 11 is 5.74. The molecule has 2 heterocycles. The molecule has 0 saturated carbocycles. The van der Waals surface area contributed by atoms with Gasteiger partial charge in [-0.3, -0.25) is 19.8 Å². The van der Waals surface area contributed by atoms with E-state index < -0.39 is 22.0 Å². The fourth-order valence-electron chi connectivity index (χ4n) is 4.47. The van der Waals surface area contributed by atoms with E-state index in [1.54, 1.807) is 60.5 Å². The molecule has 1 aromatic heterocycles. The SMILES string of the molecule is Cc1ccc(NC(=O)CC2C(=O)N(c3ccccc3)C(=S)N2Cc2/c(=N/S(=O)(=O)c3ccc(C)cc3)o[n-][n+]2C)cc1. The number of para-hydroxylation sites is 1. The highest BCUT2D eigenvalue weighted by Crippen LogP contribution is 2.28. The lowest BCUT2D eigenvalue weighted by Crippen LogP contribution is -2.45. The van der Waals surface area contributed by atoms with E-state index in [4.69, 9.17) is 16.7 Å². The number of rotatable bonds is 8. The van der Waals surface area contributed by atoms with E-state index in [2.05, 4.69) is 15.0 Å². The van der Waals surface area contributed by atoms with Crippen molar-refractivity contribution in [3.63, 3.8) is 0 Å². The van der Waals surface area contributed by atoms with Gasteiger partial charge in [0.2, 0.25) is 5.91 Å². The van der Waals surface area contributed by atoms with Gasteiger partial charge in [0.15, 0.2) is 5.11 Å². The Balaban J connectivity index is 1.49. The maximum Gasteiger partial charge on any atom is 0.289 e. The Morgan fingerprint density at radius 2 is 1.64 bits per heavy atom. The molecule has 3 aromatic carbocycles. The van der Waals surface area contributed by atoms with E-state index in [9.17, 15) is 18.0 Å². The summed E-state index contributed by atoms with van der Waals surface area (Å²) in [6, 6.07) is 21.4. The minimum atomic E-state index is -4.14. The molecule has 4 aromatic rings. The zero-order valence-corrected chi connectivity index (χ0v) is 24.7. The molecule has 1 fully saturated rings. The van der Waals surface area contributed by atoms with Crippen LogP contribution >= 0.6 is 12.2 Å². The highest BCUT2D eigenvalue weighted by Gasteiger charge is 2.45. The van der Waals surface area contributed by atoms with Crippen molar-refractivity contribution in [3.05, 3.63) is 101 Å². The van der Waals surface area contributed by atoms with Gasteiger partial charge in [0.25, 0.3) is 27.2 Å². The lowest BCUT2D eigenvalue weighted by molar-refractivity contribution is -0.752. The summed E-state index contributed by atoms with van der Waals surface area (Å²) in [4.78, 5) is 29.8. The lowest BCUT2D eigenvalue weighted by atomic mass is 10.1. The number of hydrogen-bond donors (Lipinski definition) is 1. The van der Waals surface area contributed by atoms with Crippen molar-refractivity contribution in [2.24, 2.45) is 11.4 Å². The van der Waals surface area contributed by atoms with Crippen LogP contribution < -0.4 is 25.7 Å². The fraction of sp³-hybridized carbons (Fsp3) is 0.207. The quantitative estimate of drug-likeness (QED) is 0.240. The van der Waals surface area contributed by atoms with Crippen LogP contribution in [0.1, 0.15) is 23.2 Å². The van der Waals surface area contributed by atoms with Crippen molar-refractivity contribution in [1.29, 1.82) is 0 Å². The first-order chi connectivity index (χ1) is 20.0. The molecule has 1 unspecified atom stereocenters. The zero-order valence-electron chi connectivity index (χ0n) is 23.1. The summed E-state index contributed by atoms with van der Waals surface area (Å²) in [5.74, 6) is -0.781. The Kier molecular flexibility index (Phi) is 8.05. The molecule has 42 heavy (non-hydrogen) atoms. The van der Waals surface area contributed by atoms with Crippen LogP contribution in [-0.4, -0.2) is 36.3 Å². The summed E-state index contributed by atoms with van der Waals surface area (Å²) in [5.41, 5.74) is 3.07. The molecule has 1 N–H and O–H groups in total. The lowest BCUT2D eigenvalue weighted by Gasteiger charge is -2.22. The summed E-state index contributed by atoms with van der Waals surface area (Å²) < 4.78 is 36.6.